The summed E-state index contributed by atoms with van der Waals surface area (Å²) < 4.78 is 5.38. The monoisotopic (exact) mass is 223 g/mol. The van der Waals surface area contributed by atoms with E-state index in [1.54, 1.807) is 7.11 Å². The van der Waals surface area contributed by atoms with E-state index in [2.05, 4.69) is 36.1 Å². The van der Waals surface area contributed by atoms with Crippen LogP contribution in [0.5, 0.6) is 0 Å². The van der Waals surface area contributed by atoms with Crippen LogP contribution in [-0.2, 0) is 11.3 Å². The van der Waals surface area contributed by atoms with Crippen molar-refractivity contribution in [2.45, 2.75) is 33.4 Å². The largest absolute Gasteiger partial charge is 0.373 e. The predicted octanol–water partition coefficient (Wildman–Crippen LogP) is 1.93. The van der Waals surface area contributed by atoms with Gasteiger partial charge in [-0.3, -0.25) is 0 Å². The molecule has 4 heteroatoms. The number of ether oxygens (including phenoxy) is 1. The number of methoxy groups -OCH3 is 1. The number of nitrogens with one attached hydrogen (secondary N) is 1. The normalized spacial score (nSPS) is 13.1. The highest BCUT2D eigenvalue weighted by Gasteiger charge is 2.17. The summed E-state index contributed by atoms with van der Waals surface area (Å²) in [7, 11) is 1.70. The van der Waals surface area contributed by atoms with Gasteiger partial charge < -0.3 is 10.1 Å². The lowest BCUT2D eigenvalue weighted by Gasteiger charge is -2.17. The van der Waals surface area contributed by atoms with Crippen LogP contribution in [0.4, 0.5) is 0 Å². The van der Waals surface area contributed by atoms with Crippen LogP contribution in [0.25, 0.3) is 0 Å². The van der Waals surface area contributed by atoms with Gasteiger partial charge in [-0.2, -0.15) is 0 Å². The standard InChI is InChI=1S/C12H21N3O/c1-5-13-6-10-7-14-12(15-8-10)11(16-4)9(2)3/h7-9,11,13H,5-6H2,1-4H3. The van der Waals surface area contributed by atoms with Crippen molar-refractivity contribution in [3.8, 4) is 0 Å². The lowest BCUT2D eigenvalue weighted by atomic mass is 10.1. The molecule has 0 spiro atoms. The molecule has 4 nitrogen and oxygen atoms in total. The quantitative estimate of drug-likeness (QED) is 0.800. The van der Waals surface area contributed by atoms with Gasteiger partial charge in [-0.25, -0.2) is 9.97 Å². The molecule has 0 radical (unpaired) electrons. The maximum Gasteiger partial charge on any atom is 0.157 e. The zero-order chi connectivity index (χ0) is 12.0. The van der Waals surface area contributed by atoms with Crippen LogP contribution in [0.15, 0.2) is 12.4 Å². The number of aromatic nitrogens is 2. The van der Waals surface area contributed by atoms with Crippen LogP contribution in [0.2, 0.25) is 0 Å². The zero-order valence-corrected chi connectivity index (χ0v) is 10.5. The molecule has 1 atom stereocenters. The first-order valence-corrected chi connectivity index (χ1v) is 5.73. The lowest BCUT2D eigenvalue weighted by molar-refractivity contribution is 0.0574. The van der Waals surface area contributed by atoms with Crippen LogP contribution in [-0.4, -0.2) is 23.6 Å². The van der Waals surface area contributed by atoms with E-state index < -0.39 is 0 Å². The van der Waals surface area contributed by atoms with Gasteiger partial charge in [0.05, 0.1) is 0 Å². The number of hydrogen-bond donors (Lipinski definition) is 1. The van der Waals surface area contributed by atoms with Crippen molar-refractivity contribution < 1.29 is 4.74 Å². The minimum atomic E-state index is -0.0202. The molecule has 1 heterocycles. The Labute approximate surface area is 97.5 Å². The van der Waals surface area contributed by atoms with E-state index in [1.807, 2.05) is 12.4 Å². The first-order chi connectivity index (χ1) is 7.69. The van der Waals surface area contributed by atoms with Gasteiger partial charge in [0.1, 0.15) is 6.10 Å². The van der Waals surface area contributed by atoms with Crippen LogP contribution in [0.1, 0.15) is 38.3 Å². The molecule has 0 aliphatic rings. The summed E-state index contributed by atoms with van der Waals surface area (Å²) in [4.78, 5) is 8.70. The fraction of sp³-hybridized carbons (Fsp3) is 0.667. The molecule has 0 amide bonds. The minimum absolute atomic E-state index is 0.0202. The molecule has 1 unspecified atom stereocenters. The molecule has 90 valence electrons. The third-order valence-electron chi connectivity index (χ3n) is 2.42. The van der Waals surface area contributed by atoms with E-state index in [0.717, 1.165) is 24.5 Å². The molecule has 0 saturated carbocycles. The Balaban J connectivity index is 2.69. The van der Waals surface area contributed by atoms with Crippen LogP contribution in [0, 0.1) is 5.92 Å². The van der Waals surface area contributed by atoms with Crippen molar-refractivity contribution >= 4 is 0 Å². The van der Waals surface area contributed by atoms with Gasteiger partial charge in [0, 0.05) is 31.6 Å². The van der Waals surface area contributed by atoms with Gasteiger partial charge in [-0.1, -0.05) is 20.8 Å². The summed E-state index contributed by atoms with van der Waals surface area (Å²) in [5.74, 6) is 1.14. The first-order valence-electron chi connectivity index (χ1n) is 5.73. The van der Waals surface area contributed by atoms with Crippen LogP contribution < -0.4 is 5.32 Å². The smallest absolute Gasteiger partial charge is 0.157 e. The second-order valence-electron chi connectivity index (χ2n) is 4.13. The SMILES string of the molecule is CCNCc1cnc(C(OC)C(C)C)nc1. The van der Waals surface area contributed by atoms with Crippen molar-refractivity contribution in [1.82, 2.24) is 15.3 Å². The van der Waals surface area contributed by atoms with Gasteiger partial charge in [0.25, 0.3) is 0 Å². The summed E-state index contributed by atoms with van der Waals surface area (Å²) in [5, 5.41) is 3.24. The molecule has 0 fully saturated rings. The van der Waals surface area contributed by atoms with Crippen molar-refractivity contribution in [3.05, 3.63) is 23.8 Å². The van der Waals surface area contributed by atoms with Crippen molar-refractivity contribution in [3.63, 3.8) is 0 Å². The Bertz CT molecular complexity index is 298. The molecule has 0 saturated heterocycles. The number of rotatable bonds is 6. The average molecular weight is 223 g/mol. The topological polar surface area (TPSA) is 47.0 Å². The molecule has 1 aromatic rings. The summed E-state index contributed by atoms with van der Waals surface area (Å²) >= 11 is 0. The molecule has 1 rings (SSSR count). The first kappa shape index (κ1) is 13.1. The van der Waals surface area contributed by atoms with Crippen molar-refractivity contribution in [1.29, 1.82) is 0 Å². The Morgan fingerprint density at radius 1 is 1.31 bits per heavy atom. The molecular formula is C12H21N3O. The molecular weight excluding hydrogens is 202 g/mol. The molecule has 0 bridgehead atoms. The highest BCUT2D eigenvalue weighted by Crippen LogP contribution is 2.21. The second-order valence-corrected chi connectivity index (χ2v) is 4.13. The Morgan fingerprint density at radius 3 is 2.38 bits per heavy atom. The van der Waals surface area contributed by atoms with Gasteiger partial charge >= 0.3 is 0 Å². The summed E-state index contributed by atoms with van der Waals surface area (Å²) in [5.41, 5.74) is 1.10. The van der Waals surface area contributed by atoms with E-state index in [0.29, 0.717) is 5.92 Å². The van der Waals surface area contributed by atoms with Crippen LogP contribution in [0.3, 0.4) is 0 Å². The summed E-state index contributed by atoms with van der Waals surface area (Å²) in [6.07, 6.45) is 3.70. The second kappa shape index (κ2) is 6.55. The highest BCUT2D eigenvalue weighted by atomic mass is 16.5. The average Bonchev–Trinajstić information content (AvgIpc) is 2.28. The number of nitrogens with zero attached hydrogens (tertiary/aromatic N) is 2. The van der Waals surface area contributed by atoms with E-state index in [9.17, 15) is 0 Å². The van der Waals surface area contributed by atoms with Gasteiger partial charge in [-0.05, 0) is 12.5 Å². The van der Waals surface area contributed by atoms with E-state index in [-0.39, 0.29) is 6.10 Å². The van der Waals surface area contributed by atoms with Crippen molar-refractivity contribution in [2.24, 2.45) is 5.92 Å². The summed E-state index contributed by atoms with van der Waals surface area (Å²) in [6, 6.07) is 0. The zero-order valence-electron chi connectivity index (χ0n) is 10.5. The van der Waals surface area contributed by atoms with Crippen molar-refractivity contribution in [2.75, 3.05) is 13.7 Å². The maximum absolute atomic E-state index is 5.38. The van der Waals surface area contributed by atoms with Gasteiger partial charge in [0.15, 0.2) is 5.82 Å². The van der Waals surface area contributed by atoms with Gasteiger partial charge in [-0.15, -0.1) is 0 Å². The molecule has 1 aromatic heterocycles. The molecule has 0 aliphatic carbocycles. The highest BCUT2D eigenvalue weighted by molar-refractivity contribution is 5.06. The fourth-order valence-electron chi connectivity index (χ4n) is 1.55. The molecule has 0 aliphatic heterocycles. The Kier molecular flexibility index (Phi) is 5.35. The molecule has 1 N–H and O–H groups in total. The lowest BCUT2D eigenvalue weighted by Crippen LogP contribution is -2.15. The Hall–Kier alpha value is -1.00. The number of hydrogen-bond acceptors (Lipinski definition) is 4. The summed E-state index contributed by atoms with van der Waals surface area (Å²) in [6.45, 7) is 8.05. The maximum atomic E-state index is 5.38. The third-order valence-corrected chi connectivity index (χ3v) is 2.42. The van der Waals surface area contributed by atoms with E-state index in [4.69, 9.17) is 4.74 Å². The third kappa shape index (κ3) is 3.54. The van der Waals surface area contributed by atoms with Gasteiger partial charge in [0.2, 0.25) is 0 Å². The van der Waals surface area contributed by atoms with Crippen LogP contribution >= 0.6 is 0 Å². The van der Waals surface area contributed by atoms with E-state index in [1.165, 1.54) is 0 Å². The minimum Gasteiger partial charge on any atom is -0.373 e. The molecule has 16 heavy (non-hydrogen) atoms. The van der Waals surface area contributed by atoms with E-state index >= 15 is 0 Å². The molecule has 0 aromatic carbocycles. The Morgan fingerprint density at radius 2 is 1.94 bits per heavy atom. The fourth-order valence-corrected chi connectivity index (χ4v) is 1.55. The predicted molar refractivity (Wildman–Crippen MR) is 64.0 cm³/mol.